The number of likely N-dealkylation sites (tertiary alicyclic amines) is 1. The number of carbonyl (C=O) groups is 1. The Hall–Kier alpha value is -3.31. The number of fused-ring (bicyclic) bond motifs is 1. The molecule has 2 aromatic carbocycles. The molecule has 9 nitrogen and oxygen atoms in total. The average Bonchev–Trinajstić information content (AvgIpc) is 3.57. The molecule has 0 bridgehead atoms. The fraction of sp³-hybridized carbons (Fsp3) is 0.391. The lowest BCUT2D eigenvalue weighted by atomic mass is 10.2. The lowest BCUT2D eigenvalue weighted by Crippen LogP contribution is -2.43. The van der Waals surface area contributed by atoms with Crippen molar-refractivity contribution in [2.45, 2.75) is 18.9 Å². The number of carbonyl (C=O) groups excluding carboxylic acids is 1. The van der Waals surface area contributed by atoms with Crippen LogP contribution in [0.25, 0.3) is 16.7 Å². The number of hydrogen-bond acceptors (Lipinski definition) is 6. The van der Waals surface area contributed by atoms with Crippen LogP contribution >= 0.6 is 12.2 Å². The number of hydrogen-bond donors (Lipinski definition) is 2. The highest BCUT2D eigenvalue weighted by Gasteiger charge is 2.32. The van der Waals surface area contributed by atoms with E-state index in [4.69, 9.17) is 17.0 Å². The van der Waals surface area contributed by atoms with Crippen LogP contribution in [0.2, 0.25) is 0 Å². The highest BCUT2D eigenvalue weighted by atomic mass is 32.1. The van der Waals surface area contributed by atoms with Crippen molar-refractivity contribution in [2.24, 2.45) is 0 Å². The largest absolute Gasteiger partial charge is 0.442 e. The second-order valence-electron chi connectivity index (χ2n) is 8.42. The monoisotopic (exact) mass is 483 g/mol. The van der Waals surface area contributed by atoms with E-state index in [0.717, 1.165) is 26.2 Å². The van der Waals surface area contributed by atoms with Crippen LogP contribution in [0.3, 0.4) is 0 Å². The summed E-state index contributed by atoms with van der Waals surface area (Å²) in [5.74, 6) is -0.532. The standard InChI is InChI=1S/C23H26FN7O2S/c24-18-13-16(7-8-21(18)31-27-19-5-1-2-6-20(19)28-31)30-15-17(33-23(30)32)14-26-22(34)25-9-12-29-10-3-4-11-29/h1-2,5-8,13,17H,3-4,9-12,14-15H2,(H2,25,26,34)/t17-/m0/s1. The van der Waals surface area contributed by atoms with Gasteiger partial charge in [0.1, 0.15) is 22.8 Å². The summed E-state index contributed by atoms with van der Waals surface area (Å²) in [5, 5.41) is 15.4. The molecule has 0 aliphatic carbocycles. The highest BCUT2D eigenvalue weighted by molar-refractivity contribution is 7.80. The molecule has 3 heterocycles. The number of nitrogens with one attached hydrogen (secondary N) is 2. The Labute approximate surface area is 201 Å². The van der Waals surface area contributed by atoms with E-state index in [2.05, 4.69) is 25.7 Å². The molecular weight excluding hydrogens is 457 g/mol. The molecule has 1 amide bonds. The third-order valence-corrected chi connectivity index (χ3v) is 6.31. The van der Waals surface area contributed by atoms with Gasteiger partial charge in [0.25, 0.3) is 0 Å². The number of rotatable bonds is 7. The van der Waals surface area contributed by atoms with Gasteiger partial charge < -0.3 is 20.3 Å². The molecular formula is C23H26FN7O2S. The predicted molar refractivity (Wildman–Crippen MR) is 131 cm³/mol. The zero-order valence-corrected chi connectivity index (χ0v) is 19.4. The van der Waals surface area contributed by atoms with Gasteiger partial charge >= 0.3 is 6.09 Å². The van der Waals surface area contributed by atoms with Gasteiger partial charge in [-0.2, -0.15) is 0 Å². The topological polar surface area (TPSA) is 87.5 Å². The van der Waals surface area contributed by atoms with E-state index in [0.29, 0.717) is 34.9 Å². The van der Waals surface area contributed by atoms with E-state index in [9.17, 15) is 9.18 Å². The lowest BCUT2D eigenvalue weighted by Gasteiger charge is -2.17. The van der Waals surface area contributed by atoms with E-state index in [1.165, 1.54) is 28.6 Å². The number of aromatic nitrogens is 3. The normalized spacial score (nSPS) is 18.4. The number of thiocarbonyl (C=S) groups is 1. The van der Waals surface area contributed by atoms with Crippen LogP contribution in [0.5, 0.6) is 0 Å². The summed E-state index contributed by atoms with van der Waals surface area (Å²) >= 11 is 5.32. The highest BCUT2D eigenvalue weighted by Crippen LogP contribution is 2.25. The Morgan fingerprint density at radius 2 is 1.85 bits per heavy atom. The molecule has 2 aliphatic rings. The molecule has 0 radical (unpaired) electrons. The zero-order chi connectivity index (χ0) is 23.5. The van der Waals surface area contributed by atoms with Gasteiger partial charge in [0.2, 0.25) is 0 Å². The molecule has 178 valence electrons. The van der Waals surface area contributed by atoms with Crippen molar-refractivity contribution in [3.05, 3.63) is 48.3 Å². The van der Waals surface area contributed by atoms with Crippen LogP contribution in [0, 0.1) is 5.82 Å². The number of halogens is 1. The maximum Gasteiger partial charge on any atom is 0.414 e. The minimum Gasteiger partial charge on any atom is -0.442 e. The molecule has 1 aromatic heterocycles. The Kier molecular flexibility index (Phi) is 6.54. The Morgan fingerprint density at radius 3 is 2.56 bits per heavy atom. The molecule has 2 fully saturated rings. The smallest absolute Gasteiger partial charge is 0.414 e. The summed E-state index contributed by atoms with van der Waals surface area (Å²) in [6.07, 6.45) is 1.60. The van der Waals surface area contributed by atoms with Gasteiger partial charge in [-0.05, 0) is 62.4 Å². The molecule has 5 rings (SSSR count). The fourth-order valence-corrected chi connectivity index (χ4v) is 4.42. The summed E-state index contributed by atoms with van der Waals surface area (Å²) in [7, 11) is 0. The van der Waals surface area contributed by atoms with Crippen molar-refractivity contribution in [3.63, 3.8) is 0 Å². The van der Waals surface area contributed by atoms with E-state index in [1.807, 2.05) is 24.3 Å². The summed E-state index contributed by atoms with van der Waals surface area (Å²) < 4.78 is 20.3. The third kappa shape index (κ3) is 4.95. The molecule has 2 N–H and O–H groups in total. The van der Waals surface area contributed by atoms with Gasteiger partial charge in [-0.25, -0.2) is 9.18 Å². The van der Waals surface area contributed by atoms with Gasteiger partial charge in [-0.3, -0.25) is 4.90 Å². The van der Waals surface area contributed by atoms with E-state index in [-0.39, 0.29) is 5.69 Å². The SMILES string of the molecule is O=C1O[C@@H](CNC(=S)NCCN2CCCC2)CN1c1ccc(-n2nc3ccccc3n2)c(F)c1. The second-order valence-corrected chi connectivity index (χ2v) is 8.82. The molecule has 2 aliphatic heterocycles. The number of ether oxygens (including phenoxy) is 1. The van der Waals surface area contributed by atoms with Crippen molar-refractivity contribution in [1.82, 2.24) is 30.5 Å². The molecule has 3 aromatic rings. The fourth-order valence-electron chi connectivity index (χ4n) is 4.23. The van der Waals surface area contributed by atoms with Crippen LogP contribution in [-0.4, -0.2) is 76.5 Å². The molecule has 34 heavy (non-hydrogen) atoms. The van der Waals surface area contributed by atoms with Crippen LogP contribution < -0.4 is 15.5 Å². The summed E-state index contributed by atoms with van der Waals surface area (Å²) in [5.41, 5.74) is 1.97. The Morgan fingerprint density at radius 1 is 1.12 bits per heavy atom. The zero-order valence-electron chi connectivity index (χ0n) is 18.6. The number of nitrogens with zero attached hydrogens (tertiary/aromatic N) is 5. The van der Waals surface area contributed by atoms with E-state index < -0.39 is 18.0 Å². The molecule has 0 saturated carbocycles. The van der Waals surface area contributed by atoms with Gasteiger partial charge in [-0.1, -0.05) is 12.1 Å². The van der Waals surface area contributed by atoms with Crippen molar-refractivity contribution < 1.29 is 13.9 Å². The molecule has 11 heteroatoms. The van der Waals surface area contributed by atoms with E-state index in [1.54, 1.807) is 12.1 Å². The first kappa shape index (κ1) is 22.5. The number of cyclic esters (lactones) is 1. The first-order valence-corrected chi connectivity index (χ1v) is 11.8. The first-order valence-electron chi connectivity index (χ1n) is 11.4. The summed E-state index contributed by atoms with van der Waals surface area (Å²) in [6.45, 7) is 4.69. The van der Waals surface area contributed by atoms with Gasteiger partial charge in [-0.15, -0.1) is 15.0 Å². The molecule has 0 unspecified atom stereocenters. The molecule has 0 spiro atoms. The Balaban J connectivity index is 1.15. The maximum absolute atomic E-state index is 14.9. The van der Waals surface area contributed by atoms with Crippen molar-refractivity contribution in [3.8, 4) is 5.69 Å². The van der Waals surface area contributed by atoms with E-state index >= 15 is 0 Å². The summed E-state index contributed by atoms with van der Waals surface area (Å²) in [6, 6.07) is 11.8. The minimum absolute atomic E-state index is 0.205. The van der Waals surface area contributed by atoms with Crippen LogP contribution in [0.15, 0.2) is 42.5 Å². The minimum atomic E-state index is -0.532. The van der Waals surface area contributed by atoms with Crippen LogP contribution in [-0.2, 0) is 4.74 Å². The lowest BCUT2D eigenvalue weighted by molar-refractivity contribution is 0.143. The van der Waals surface area contributed by atoms with Crippen LogP contribution in [0.4, 0.5) is 14.9 Å². The van der Waals surface area contributed by atoms with Crippen molar-refractivity contribution >= 4 is 40.1 Å². The predicted octanol–water partition coefficient (Wildman–Crippen LogP) is 2.44. The van der Waals surface area contributed by atoms with Crippen molar-refractivity contribution in [2.75, 3.05) is 44.2 Å². The van der Waals surface area contributed by atoms with Gasteiger partial charge in [0.05, 0.1) is 18.8 Å². The molecule has 1 atom stereocenters. The number of anilines is 1. The average molecular weight is 484 g/mol. The summed E-state index contributed by atoms with van der Waals surface area (Å²) in [4.78, 5) is 17.5. The number of benzene rings is 2. The number of amides is 1. The second kappa shape index (κ2) is 9.90. The first-order chi connectivity index (χ1) is 16.6. The van der Waals surface area contributed by atoms with Gasteiger partial charge in [0, 0.05) is 19.2 Å². The Bertz CT molecular complexity index is 1160. The van der Waals surface area contributed by atoms with Gasteiger partial charge in [0.15, 0.2) is 10.9 Å². The van der Waals surface area contributed by atoms with Crippen LogP contribution in [0.1, 0.15) is 12.8 Å². The maximum atomic E-state index is 14.9. The van der Waals surface area contributed by atoms with Crippen molar-refractivity contribution in [1.29, 1.82) is 0 Å². The molecule has 2 saturated heterocycles. The third-order valence-electron chi connectivity index (χ3n) is 6.02. The quantitative estimate of drug-likeness (QED) is 0.496.